The highest BCUT2D eigenvalue weighted by Gasteiger charge is 2.28. The molecule has 1 aromatic carbocycles. The molecule has 30 heavy (non-hydrogen) atoms. The van der Waals surface area contributed by atoms with Crippen LogP contribution in [0, 0.1) is 5.92 Å². The van der Waals surface area contributed by atoms with Crippen LogP contribution in [0.3, 0.4) is 0 Å². The zero-order valence-electron chi connectivity index (χ0n) is 18.4. The summed E-state index contributed by atoms with van der Waals surface area (Å²) in [5.74, 6) is 2.40. The number of hydrogen-bond donors (Lipinski definition) is 2. The number of guanidine groups is 1. The van der Waals surface area contributed by atoms with Gasteiger partial charge in [-0.1, -0.05) is 19.1 Å². The van der Waals surface area contributed by atoms with Crippen molar-refractivity contribution in [2.45, 2.75) is 51.0 Å². The van der Waals surface area contributed by atoms with Crippen molar-refractivity contribution in [1.82, 2.24) is 14.9 Å². The first-order chi connectivity index (χ1) is 14.0. The minimum absolute atomic E-state index is 0. The van der Waals surface area contributed by atoms with Crippen molar-refractivity contribution in [3.05, 3.63) is 29.8 Å². The molecule has 0 saturated carbocycles. The van der Waals surface area contributed by atoms with Gasteiger partial charge in [0.2, 0.25) is 10.0 Å². The van der Waals surface area contributed by atoms with E-state index >= 15 is 0 Å². The maximum absolute atomic E-state index is 12.9. The summed E-state index contributed by atoms with van der Waals surface area (Å²) in [4.78, 5) is 5.00. The van der Waals surface area contributed by atoms with E-state index in [1.165, 1.54) is 12.2 Å². The summed E-state index contributed by atoms with van der Waals surface area (Å²) in [6, 6.07) is 7.15. The molecule has 1 aromatic rings. The van der Waals surface area contributed by atoms with Crippen molar-refractivity contribution in [1.29, 1.82) is 0 Å². The molecule has 0 bridgehead atoms. The van der Waals surface area contributed by atoms with Gasteiger partial charge in [0.15, 0.2) is 5.96 Å². The Hall–Kier alpha value is -0.520. The molecule has 172 valence electrons. The first-order valence-corrected chi connectivity index (χ1v) is 13.4. The molecular weight excluding hydrogens is 531 g/mol. The average molecular weight is 569 g/mol. The van der Waals surface area contributed by atoms with E-state index in [-0.39, 0.29) is 24.0 Å². The highest BCUT2D eigenvalue weighted by Crippen LogP contribution is 2.23. The second kappa shape index (κ2) is 14.5. The van der Waals surface area contributed by atoms with Crippen LogP contribution >= 0.6 is 35.7 Å². The van der Waals surface area contributed by atoms with E-state index in [0.29, 0.717) is 30.4 Å². The molecule has 2 rings (SSSR count). The van der Waals surface area contributed by atoms with E-state index < -0.39 is 10.0 Å². The van der Waals surface area contributed by atoms with Gasteiger partial charge in [-0.15, -0.1) is 24.0 Å². The zero-order valence-corrected chi connectivity index (χ0v) is 22.4. The summed E-state index contributed by atoms with van der Waals surface area (Å²) in [5.41, 5.74) is 0.996. The molecule has 1 heterocycles. The smallest absolute Gasteiger partial charge is 0.243 e. The minimum atomic E-state index is -3.40. The second-order valence-electron chi connectivity index (χ2n) is 7.58. The average Bonchev–Trinajstić information content (AvgIpc) is 2.72. The van der Waals surface area contributed by atoms with Gasteiger partial charge in [0, 0.05) is 26.2 Å². The Morgan fingerprint density at radius 2 is 1.97 bits per heavy atom. The van der Waals surface area contributed by atoms with Crippen LogP contribution in [0.2, 0.25) is 0 Å². The van der Waals surface area contributed by atoms with Crippen molar-refractivity contribution in [2.75, 3.05) is 38.2 Å². The summed E-state index contributed by atoms with van der Waals surface area (Å²) in [5, 5.41) is 6.62. The zero-order chi connectivity index (χ0) is 21.1. The monoisotopic (exact) mass is 568 g/mol. The highest BCUT2D eigenvalue weighted by molar-refractivity contribution is 14.0. The highest BCUT2D eigenvalue weighted by atomic mass is 127. The number of nitrogens with one attached hydrogen (secondary N) is 2. The lowest BCUT2D eigenvalue weighted by atomic mass is 10.0. The van der Waals surface area contributed by atoms with Gasteiger partial charge in [-0.25, -0.2) is 13.4 Å². The van der Waals surface area contributed by atoms with Gasteiger partial charge in [-0.3, -0.25) is 0 Å². The van der Waals surface area contributed by atoms with Crippen molar-refractivity contribution >= 4 is 51.7 Å². The molecule has 0 radical (unpaired) electrons. The van der Waals surface area contributed by atoms with Crippen LogP contribution in [0.5, 0.6) is 0 Å². The van der Waals surface area contributed by atoms with Crippen LogP contribution in [0.15, 0.2) is 34.2 Å². The maximum atomic E-state index is 12.9. The Bertz CT molecular complexity index is 742. The number of hydrogen-bond acceptors (Lipinski definition) is 4. The molecular formula is C21H37IN4O2S2. The van der Waals surface area contributed by atoms with Crippen molar-refractivity contribution < 1.29 is 8.42 Å². The minimum Gasteiger partial charge on any atom is -0.357 e. The Morgan fingerprint density at radius 1 is 1.23 bits per heavy atom. The largest absolute Gasteiger partial charge is 0.357 e. The lowest BCUT2D eigenvalue weighted by Gasteiger charge is -2.30. The number of sulfonamides is 1. The fourth-order valence-electron chi connectivity index (χ4n) is 3.37. The fourth-order valence-corrected chi connectivity index (χ4v) is 5.46. The molecule has 0 aliphatic carbocycles. The number of halogens is 1. The third kappa shape index (κ3) is 8.92. The molecule has 1 saturated heterocycles. The van der Waals surface area contributed by atoms with Crippen molar-refractivity contribution in [2.24, 2.45) is 10.9 Å². The van der Waals surface area contributed by atoms with Gasteiger partial charge in [-0.2, -0.15) is 16.1 Å². The molecule has 1 aliphatic heterocycles. The van der Waals surface area contributed by atoms with Crippen LogP contribution in [0.25, 0.3) is 0 Å². The number of aliphatic imine (C=N–C) groups is 1. The number of rotatable bonds is 10. The number of nitrogens with zero attached hydrogens (tertiary/aromatic N) is 2. The van der Waals surface area contributed by atoms with Crippen LogP contribution < -0.4 is 10.6 Å². The number of unbranched alkanes of at least 4 members (excludes halogenated alkanes) is 1. The number of piperidine rings is 1. The molecule has 1 unspecified atom stereocenters. The van der Waals surface area contributed by atoms with Crippen LogP contribution in [0.1, 0.15) is 45.1 Å². The Morgan fingerprint density at radius 3 is 2.60 bits per heavy atom. The fraction of sp³-hybridized carbons (Fsp3) is 0.667. The van der Waals surface area contributed by atoms with Crippen LogP contribution in [-0.2, 0) is 16.6 Å². The van der Waals surface area contributed by atoms with E-state index in [1.807, 2.05) is 30.8 Å². The lowest BCUT2D eigenvalue weighted by Crippen LogP contribution is -2.39. The maximum Gasteiger partial charge on any atom is 0.243 e. The summed E-state index contributed by atoms with van der Waals surface area (Å²) in [7, 11) is -3.40. The van der Waals surface area contributed by atoms with Gasteiger partial charge in [0.25, 0.3) is 0 Å². The molecule has 1 aliphatic rings. The number of thioether (sulfide) groups is 1. The first-order valence-electron chi connectivity index (χ1n) is 10.6. The molecule has 0 spiro atoms. The van der Waals surface area contributed by atoms with E-state index in [0.717, 1.165) is 43.9 Å². The standard InChI is InChI=1S/C21H36N4O2S2.HI/c1-4-22-21(23-13-5-6-15-28-3)24-16-19-9-11-20(12-10-19)29(26,27)25-14-7-8-18(2)17-25;/h9-12,18H,4-8,13-17H2,1-3H3,(H2,22,23,24);1H. The molecule has 1 fully saturated rings. The molecule has 0 amide bonds. The summed E-state index contributed by atoms with van der Waals surface area (Å²) in [6.45, 7) is 7.62. The molecule has 0 aromatic heterocycles. The molecule has 6 nitrogen and oxygen atoms in total. The predicted octanol–water partition coefficient (Wildman–Crippen LogP) is 3.92. The van der Waals surface area contributed by atoms with Gasteiger partial charge in [0.1, 0.15) is 0 Å². The van der Waals surface area contributed by atoms with Gasteiger partial charge in [0.05, 0.1) is 11.4 Å². The normalized spacial score (nSPS) is 18.0. The molecule has 2 N–H and O–H groups in total. The van der Waals surface area contributed by atoms with E-state index in [9.17, 15) is 8.42 Å². The molecule has 9 heteroatoms. The first kappa shape index (κ1) is 27.5. The molecule has 1 atom stereocenters. The summed E-state index contributed by atoms with van der Waals surface area (Å²) in [6.07, 6.45) is 6.47. The van der Waals surface area contributed by atoms with Crippen molar-refractivity contribution in [3.63, 3.8) is 0 Å². The van der Waals surface area contributed by atoms with Crippen molar-refractivity contribution in [3.8, 4) is 0 Å². The SMILES string of the molecule is CCNC(=NCc1ccc(S(=O)(=O)N2CCCC(C)C2)cc1)NCCCCSC.I. The Labute approximate surface area is 204 Å². The van der Waals surface area contributed by atoms with E-state index in [4.69, 9.17) is 0 Å². The summed E-state index contributed by atoms with van der Waals surface area (Å²) < 4.78 is 27.4. The second-order valence-corrected chi connectivity index (χ2v) is 10.5. The van der Waals surface area contributed by atoms with Gasteiger partial charge >= 0.3 is 0 Å². The quantitative estimate of drug-likeness (QED) is 0.194. The predicted molar refractivity (Wildman–Crippen MR) is 139 cm³/mol. The lowest BCUT2D eigenvalue weighted by molar-refractivity contribution is 0.281. The van der Waals surface area contributed by atoms with Gasteiger partial charge < -0.3 is 10.6 Å². The third-order valence-corrected chi connectivity index (χ3v) is 7.59. The third-order valence-electron chi connectivity index (χ3n) is 5.01. The number of benzene rings is 1. The van der Waals surface area contributed by atoms with Gasteiger partial charge in [-0.05, 0) is 68.2 Å². The summed E-state index contributed by atoms with van der Waals surface area (Å²) >= 11 is 1.87. The Balaban J connectivity index is 0.00000450. The van der Waals surface area contributed by atoms with E-state index in [2.05, 4.69) is 28.8 Å². The topological polar surface area (TPSA) is 73.8 Å². The van der Waals surface area contributed by atoms with Crippen LogP contribution in [0.4, 0.5) is 0 Å². The van der Waals surface area contributed by atoms with E-state index in [1.54, 1.807) is 16.4 Å². The van der Waals surface area contributed by atoms with Crippen LogP contribution in [-0.4, -0.2) is 56.9 Å². The Kier molecular flexibility index (Phi) is 13.3.